The second kappa shape index (κ2) is 4.96. The molecule has 0 fully saturated rings. The van der Waals surface area contributed by atoms with Crippen molar-refractivity contribution in [3.8, 4) is 22.4 Å². The normalized spacial score (nSPS) is 10.9. The first-order valence-corrected chi connectivity index (χ1v) is 6.94. The summed E-state index contributed by atoms with van der Waals surface area (Å²) < 4.78 is 1.65. The van der Waals surface area contributed by atoms with E-state index in [1.807, 2.05) is 36.4 Å². The second-order valence-electron chi connectivity index (χ2n) is 4.93. The number of fused-ring (bicyclic) bond motifs is 1. The summed E-state index contributed by atoms with van der Waals surface area (Å²) in [5, 5.41) is 4.15. The van der Waals surface area contributed by atoms with Gasteiger partial charge in [0.15, 0.2) is 5.65 Å². The monoisotopic (exact) mass is 287 g/mol. The van der Waals surface area contributed by atoms with Crippen LogP contribution in [0.5, 0.6) is 0 Å². The molecule has 5 nitrogen and oxygen atoms in total. The molecule has 0 saturated heterocycles. The molecule has 4 rings (SSSR count). The highest BCUT2D eigenvalue weighted by Gasteiger charge is 2.13. The molecular weight excluding hydrogens is 274 g/mol. The van der Waals surface area contributed by atoms with Gasteiger partial charge in [-0.15, -0.1) is 5.10 Å². The summed E-state index contributed by atoms with van der Waals surface area (Å²) in [6.07, 6.45) is 3.45. The lowest BCUT2D eigenvalue weighted by atomic mass is 9.98. The summed E-state index contributed by atoms with van der Waals surface area (Å²) in [6, 6.07) is 18.3. The molecule has 0 aliphatic carbocycles. The molecule has 4 aromatic rings. The van der Waals surface area contributed by atoms with Crippen LogP contribution in [0, 0.1) is 0 Å². The number of hydrogen-bond donors (Lipinski definition) is 1. The van der Waals surface area contributed by atoms with Gasteiger partial charge >= 0.3 is 0 Å². The molecule has 2 N–H and O–H groups in total. The average molecular weight is 287 g/mol. The maximum absolute atomic E-state index is 5.72. The second-order valence-corrected chi connectivity index (χ2v) is 4.93. The van der Waals surface area contributed by atoms with Crippen molar-refractivity contribution in [3.05, 3.63) is 67.0 Å². The average Bonchev–Trinajstić information content (AvgIpc) is 2.96. The van der Waals surface area contributed by atoms with Crippen molar-refractivity contribution in [2.45, 2.75) is 0 Å². The number of nitrogen functional groups attached to an aromatic ring is 1. The predicted octanol–water partition coefficient (Wildman–Crippen LogP) is 3.04. The number of rotatable bonds is 2. The summed E-state index contributed by atoms with van der Waals surface area (Å²) in [7, 11) is 0. The number of anilines is 1. The third-order valence-corrected chi connectivity index (χ3v) is 3.54. The first-order chi connectivity index (χ1) is 10.8. The van der Waals surface area contributed by atoms with E-state index in [1.165, 1.54) is 0 Å². The summed E-state index contributed by atoms with van der Waals surface area (Å²) in [4.78, 5) is 8.79. The highest BCUT2D eigenvalue weighted by atomic mass is 15.3. The molecule has 2 aromatic heterocycles. The number of aromatic nitrogens is 4. The van der Waals surface area contributed by atoms with Gasteiger partial charge in [-0.3, -0.25) is 4.98 Å². The minimum absolute atomic E-state index is 0.242. The van der Waals surface area contributed by atoms with E-state index in [0.717, 1.165) is 22.4 Å². The largest absolute Gasteiger partial charge is 0.366 e. The molecule has 0 radical (unpaired) electrons. The van der Waals surface area contributed by atoms with Crippen LogP contribution in [0.15, 0.2) is 67.0 Å². The van der Waals surface area contributed by atoms with Crippen LogP contribution in [0.25, 0.3) is 28.0 Å². The number of hydrogen-bond acceptors (Lipinski definition) is 4. The SMILES string of the molecule is Nc1nc2c(-c3ccccc3-c3ccccc3)nccn2n1. The molecule has 22 heavy (non-hydrogen) atoms. The van der Waals surface area contributed by atoms with Gasteiger partial charge in [-0.25, -0.2) is 4.52 Å². The highest BCUT2D eigenvalue weighted by molar-refractivity contribution is 5.87. The molecular formula is C17H13N5. The zero-order valence-corrected chi connectivity index (χ0v) is 11.7. The van der Waals surface area contributed by atoms with Crippen LogP contribution in [0.4, 0.5) is 5.95 Å². The van der Waals surface area contributed by atoms with E-state index >= 15 is 0 Å². The number of nitrogens with zero attached hydrogens (tertiary/aromatic N) is 4. The fourth-order valence-corrected chi connectivity index (χ4v) is 2.58. The summed E-state index contributed by atoms with van der Waals surface area (Å²) in [5.74, 6) is 0.242. The Morgan fingerprint density at radius 3 is 2.41 bits per heavy atom. The van der Waals surface area contributed by atoms with Gasteiger partial charge in [0.05, 0.1) is 0 Å². The molecule has 0 bridgehead atoms. The standard InChI is InChI=1S/C17H13N5/c18-17-20-16-15(19-10-11-22(16)21-17)14-9-5-4-8-13(14)12-6-2-1-3-7-12/h1-11H,(H2,18,21). The van der Waals surface area contributed by atoms with Crippen molar-refractivity contribution in [2.75, 3.05) is 5.73 Å². The van der Waals surface area contributed by atoms with Gasteiger partial charge in [0.2, 0.25) is 5.95 Å². The molecule has 106 valence electrons. The smallest absolute Gasteiger partial charge is 0.240 e. The lowest BCUT2D eigenvalue weighted by Crippen LogP contribution is -1.94. The van der Waals surface area contributed by atoms with Gasteiger partial charge < -0.3 is 5.73 Å². The van der Waals surface area contributed by atoms with Gasteiger partial charge in [0, 0.05) is 18.0 Å². The highest BCUT2D eigenvalue weighted by Crippen LogP contribution is 2.32. The molecule has 0 aliphatic heterocycles. The molecule has 5 heteroatoms. The van der Waals surface area contributed by atoms with Crippen LogP contribution < -0.4 is 5.73 Å². The van der Waals surface area contributed by atoms with E-state index in [0.29, 0.717) is 5.65 Å². The van der Waals surface area contributed by atoms with E-state index in [-0.39, 0.29) is 5.95 Å². The van der Waals surface area contributed by atoms with Gasteiger partial charge in [0.25, 0.3) is 0 Å². The Balaban J connectivity index is 2.00. The van der Waals surface area contributed by atoms with Crippen LogP contribution in [0.3, 0.4) is 0 Å². The topological polar surface area (TPSA) is 69.1 Å². The quantitative estimate of drug-likeness (QED) is 0.615. The fraction of sp³-hybridized carbons (Fsp3) is 0. The lowest BCUT2D eigenvalue weighted by Gasteiger charge is -2.09. The van der Waals surface area contributed by atoms with Gasteiger partial charge in [-0.05, 0) is 11.1 Å². The zero-order valence-electron chi connectivity index (χ0n) is 11.7. The van der Waals surface area contributed by atoms with E-state index < -0.39 is 0 Å². The maximum Gasteiger partial charge on any atom is 0.240 e. The van der Waals surface area contributed by atoms with Crippen LogP contribution in [-0.2, 0) is 0 Å². The lowest BCUT2D eigenvalue weighted by molar-refractivity contribution is 0.954. The van der Waals surface area contributed by atoms with Crippen LogP contribution in [-0.4, -0.2) is 19.6 Å². The Bertz CT molecular complexity index is 944. The first-order valence-electron chi connectivity index (χ1n) is 6.94. The van der Waals surface area contributed by atoms with Crippen molar-refractivity contribution < 1.29 is 0 Å². The summed E-state index contributed by atoms with van der Waals surface area (Å²) >= 11 is 0. The van der Waals surface area contributed by atoms with Crippen molar-refractivity contribution in [3.63, 3.8) is 0 Å². The predicted molar refractivity (Wildman–Crippen MR) is 86.1 cm³/mol. The van der Waals surface area contributed by atoms with Crippen LogP contribution in [0.1, 0.15) is 0 Å². The fourth-order valence-electron chi connectivity index (χ4n) is 2.58. The van der Waals surface area contributed by atoms with Gasteiger partial charge in [0.1, 0.15) is 5.69 Å². The number of nitrogens with two attached hydrogens (primary N) is 1. The molecule has 0 atom stereocenters. The molecule has 0 amide bonds. The van der Waals surface area contributed by atoms with E-state index in [4.69, 9.17) is 5.73 Å². The van der Waals surface area contributed by atoms with Crippen molar-refractivity contribution in [1.82, 2.24) is 19.6 Å². The van der Waals surface area contributed by atoms with Crippen LogP contribution in [0.2, 0.25) is 0 Å². The zero-order chi connectivity index (χ0) is 14.9. The Kier molecular flexibility index (Phi) is 2.83. The van der Waals surface area contributed by atoms with E-state index in [2.05, 4.69) is 33.3 Å². The molecule has 2 aromatic carbocycles. The first kappa shape index (κ1) is 12.5. The Morgan fingerprint density at radius 2 is 1.59 bits per heavy atom. The van der Waals surface area contributed by atoms with E-state index in [9.17, 15) is 0 Å². The maximum atomic E-state index is 5.72. The Morgan fingerprint density at radius 1 is 0.864 bits per heavy atom. The molecule has 0 saturated carbocycles. The van der Waals surface area contributed by atoms with E-state index in [1.54, 1.807) is 16.9 Å². The third kappa shape index (κ3) is 2.00. The Labute approximate surface area is 127 Å². The molecule has 0 spiro atoms. The minimum atomic E-state index is 0.242. The molecule has 2 heterocycles. The minimum Gasteiger partial charge on any atom is -0.366 e. The van der Waals surface area contributed by atoms with Crippen LogP contribution >= 0.6 is 0 Å². The summed E-state index contributed by atoms with van der Waals surface area (Å²) in [6.45, 7) is 0. The number of benzene rings is 2. The van der Waals surface area contributed by atoms with Gasteiger partial charge in [-0.2, -0.15) is 4.98 Å². The molecule has 0 unspecified atom stereocenters. The summed E-state index contributed by atoms with van der Waals surface area (Å²) in [5.41, 5.74) is 10.4. The Hall–Kier alpha value is -3.21. The molecule has 0 aliphatic rings. The van der Waals surface area contributed by atoms with Gasteiger partial charge in [-0.1, -0.05) is 54.6 Å². The third-order valence-electron chi connectivity index (χ3n) is 3.54. The van der Waals surface area contributed by atoms with Crippen molar-refractivity contribution in [1.29, 1.82) is 0 Å². The van der Waals surface area contributed by atoms with Crippen molar-refractivity contribution >= 4 is 11.6 Å². The van der Waals surface area contributed by atoms with Crippen molar-refractivity contribution in [2.24, 2.45) is 0 Å².